The average molecular weight is 227 g/mol. The number of hydrogen-bond donors (Lipinski definition) is 1. The molecule has 0 aliphatic heterocycles. The van der Waals surface area contributed by atoms with Gasteiger partial charge in [-0.2, -0.15) is 0 Å². The number of aromatic hydroxyl groups is 1. The molecule has 2 aromatic rings. The van der Waals surface area contributed by atoms with E-state index in [1.165, 1.54) is 18.2 Å². The van der Waals surface area contributed by atoms with Crippen molar-refractivity contribution in [2.24, 2.45) is 5.18 Å². The van der Waals surface area contributed by atoms with Crippen LogP contribution in [-0.2, 0) is 0 Å². The molecule has 1 N–H and O–H groups in total. The Hall–Kier alpha value is -2.49. The van der Waals surface area contributed by atoms with E-state index in [1.54, 1.807) is 30.3 Å². The van der Waals surface area contributed by atoms with Gasteiger partial charge in [0.1, 0.15) is 5.75 Å². The molecule has 84 valence electrons. The van der Waals surface area contributed by atoms with Crippen molar-refractivity contribution in [3.63, 3.8) is 0 Å². The van der Waals surface area contributed by atoms with Crippen LogP contribution in [-0.4, -0.2) is 11.0 Å². The molecule has 4 nitrogen and oxygen atoms in total. The van der Waals surface area contributed by atoms with Gasteiger partial charge in [0.2, 0.25) is 0 Å². The number of nitroso groups, excluding NO2 is 1. The fourth-order valence-electron chi connectivity index (χ4n) is 1.64. The lowest BCUT2D eigenvalue weighted by atomic mass is 9.99. The van der Waals surface area contributed by atoms with Gasteiger partial charge in [0.25, 0.3) is 0 Å². The van der Waals surface area contributed by atoms with Gasteiger partial charge in [0, 0.05) is 5.18 Å². The zero-order chi connectivity index (χ0) is 12.3. The number of phenolic OH excluding ortho intramolecular Hbond substituents is 1. The first-order valence-electron chi connectivity index (χ1n) is 4.98. The van der Waals surface area contributed by atoms with Crippen molar-refractivity contribution >= 4 is 5.91 Å². The Morgan fingerprint density at radius 2 is 1.82 bits per heavy atom. The first-order chi connectivity index (χ1) is 8.22. The van der Waals surface area contributed by atoms with Crippen LogP contribution in [0.2, 0.25) is 0 Å². The molecule has 0 aliphatic rings. The molecule has 0 unspecified atom stereocenters. The quantitative estimate of drug-likeness (QED) is 0.802. The Morgan fingerprint density at radius 1 is 1.06 bits per heavy atom. The Bertz CT molecular complexity index is 578. The maximum Gasteiger partial charge on any atom is 0.317 e. The van der Waals surface area contributed by atoms with E-state index in [-0.39, 0.29) is 11.3 Å². The number of rotatable bonds is 2. The van der Waals surface area contributed by atoms with E-state index >= 15 is 0 Å². The van der Waals surface area contributed by atoms with Crippen LogP contribution in [0.3, 0.4) is 0 Å². The van der Waals surface area contributed by atoms with Crippen molar-refractivity contribution in [1.29, 1.82) is 0 Å². The fourth-order valence-corrected chi connectivity index (χ4v) is 1.64. The van der Waals surface area contributed by atoms with Crippen LogP contribution < -0.4 is 0 Å². The number of carbonyl (C=O) groups excluding carboxylic acids is 1. The van der Waals surface area contributed by atoms with Crippen LogP contribution in [0, 0.1) is 4.91 Å². The molecular formula is C13H9NO3. The third-order valence-electron chi connectivity index (χ3n) is 2.40. The first kappa shape index (κ1) is 11.0. The first-order valence-corrected chi connectivity index (χ1v) is 4.98. The Balaban J connectivity index is 2.59. The van der Waals surface area contributed by atoms with Crippen molar-refractivity contribution in [3.05, 3.63) is 59.0 Å². The molecule has 0 fully saturated rings. The number of nitrogens with zero attached hydrogens (tertiary/aromatic N) is 1. The lowest BCUT2D eigenvalue weighted by Gasteiger charge is -2.05. The van der Waals surface area contributed by atoms with Crippen molar-refractivity contribution in [2.75, 3.05) is 0 Å². The second kappa shape index (κ2) is 4.57. The monoisotopic (exact) mass is 227 g/mol. The van der Waals surface area contributed by atoms with E-state index < -0.39 is 5.91 Å². The Kier molecular flexibility index (Phi) is 2.96. The normalized spacial score (nSPS) is 9.88. The summed E-state index contributed by atoms with van der Waals surface area (Å²) in [5, 5.41) is 11.8. The van der Waals surface area contributed by atoms with Crippen LogP contribution in [0.5, 0.6) is 5.75 Å². The highest BCUT2D eigenvalue weighted by Crippen LogP contribution is 2.26. The number of hydrogen-bond acceptors (Lipinski definition) is 3. The maximum atomic E-state index is 11.4. The highest BCUT2D eigenvalue weighted by molar-refractivity contribution is 6.01. The molecule has 2 aromatic carbocycles. The molecular weight excluding hydrogens is 218 g/mol. The average Bonchev–Trinajstić information content (AvgIpc) is 2.38. The molecule has 0 atom stereocenters. The molecule has 2 rings (SSSR count). The van der Waals surface area contributed by atoms with E-state index in [1.807, 2.05) is 0 Å². The van der Waals surface area contributed by atoms with Crippen LogP contribution in [0.4, 0.5) is 0 Å². The Morgan fingerprint density at radius 3 is 2.53 bits per heavy atom. The summed E-state index contributed by atoms with van der Waals surface area (Å²) in [5.41, 5.74) is 1.47. The largest absolute Gasteiger partial charge is 0.508 e. The number of carbonyl (C=O) groups is 1. The number of phenols is 1. The predicted octanol–water partition coefficient (Wildman–Crippen LogP) is 2.97. The van der Waals surface area contributed by atoms with Crippen LogP contribution in [0.15, 0.2) is 53.7 Å². The van der Waals surface area contributed by atoms with Gasteiger partial charge in [-0.25, -0.2) is 0 Å². The van der Waals surface area contributed by atoms with Crippen molar-refractivity contribution < 1.29 is 9.90 Å². The molecule has 0 aromatic heterocycles. The molecule has 0 saturated heterocycles. The Labute approximate surface area is 97.5 Å². The van der Waals surface area contributed by atoms with E-state index in [0.29, 0.717) is 11.1 Å². The highest BCUT2D eigenvalue weighted by Gasteiger charge is 2.12. The summed E-state index contributed by atoms with van der Waals surface area (Å²) >= 11 is 0. The lowest BCUT2D eigenvalue weighted by molar-refractivity contribution is 0.100. The lowest BCUT2D eigenvalue weighted by Crippen LogP contribution is -1.96. The van der Waals surface area contributed by atoms with Crippen molar-refractivity contribution in [1.82, 2.24) is 0 Å². The van der Waals surface area contributed by atoms with Gasteiger partial charge in [0.05, 0.1) is 5.56 Å². The van der Waals surface area contributed by atoms with Gasteiger partial charge < -0.3 is 5.11 Å². The van der Waals surface area contributed by atoms with E-state index in [9.17, 15) is 14.8 Å². The van der Waals surface area contributed by atoms with Gasteiger partial charge in [0.15, 0.2) is 0 Å². The molecule has 0 heterocycles. The molecule has 4 heteroatoms. The van der Waals surface area contributed by atoms with Crippen molar-refractivity contribution in [2.45, 2.75) is 0 Å². The molecule has 0 radical (unpaired) electrons. The van der Waals surface area contributed by atoms with Gasteiger partial charge >= 0.3 is 5.91 Å². The number of benzene rings is 2. The van der Waals surface area contributed by atoms with E-state index in [0.717, 1.165) is 0 Å². The zero-order valence-corrected chi connectivity index (χ0v) is 8.83. The minimum absolute atomic E-state index is 0.101. The predicted molar refractivity (Wildman–Crippen MR) is 63.7 cm³/mol. The third-order valence-corrected chi connectivity index (χ3v) is 2.40. The van der Waals surface area contributed by atoms with Crippen LogP contribution in [0.1, 0.15) is 10.4 Å². The van der Waals surface area contributed by atoms with Crippen LogP contribution >= 0.6 is 0 Å². The molecule has 0 bridgehead atoms. The third kappa shape index (κ3) is 2.20. The van der Waals surface area contributed by atoms with E-state index in [4.69, 9.17) is 0 Å². The SMILES string of the molecule is O=NC(=O)c1ccccc1-c1cccc(O)c1. The van der Waals surface area contributed by atoms with Gasteiger partial charge in [-0.15, -0.1) is 4.91 Å². The smallest absolute Gasteiger partial charge is 0.317 e. The van der Waals surface area contributed by atoms with Gasteiger partial charge in [-0.3, -0.25) is 4.79 Å². The second-order valence-corrected chi connectivity index (χ2v) is 3.49. The molecule has 1 amide bonds. The zero-order valence-electron chi connectivity index (χ0n) is 8.83. The minimum Gasteiger partial charge on any atom is -0.508 e. The summed E-state index contributed by atoms with van der Waals surface area (Å²) in [6.07, 6.45) is 0. The molecule has 0 saturated carbocycles. The minimum atomic E-state index is -0.816. The van der Waals surface area contributed by atoms with Gasteiger partial charge in [-0.1, -0.05) is 30.3 Å². The van der Waals surface area contributed by atoms with Crippen LogP contribution in [0.25, 0.3) is 11.1 Å². The maximum absolute atomic E-state index is 11.4. The van der Waals surface area contributed by atoms with Crippen molar-refractivity contribution in [3.8, 4) is 16.9 Å². The molecule has 0 spiro atoms. The molecule has 17 heavy (non-hydrogen) atoms. The second-order valence-electron chi connectivity index (χ2n) is 3.49. The summed E-state index contributed by atoms with van der Waals surface area (Å²) in [7, 11) is 0. The fraction of sp³-hybridized carbons (Fsp3) is 0. The molecule has 0 aliphatic carbocycles. The number of amides is 1. The summed E-state index contributed by atoms with van der Waals surface area (Å²) in [6, 6.07) is 13.1. The van der Waals surface area contributed by atoms with Gasteiger partial charge in [-0.05, 0) is 29.3 Å². The summed E-state index contributed by atoms with van der Waals surface area (Å²) in [5.74, 6) is -0.715. The standard InChI is InChI=1S/C13H9NO3/c15-10-5-3-4-9(8-10)11-6-1-2-7-12(11)13(16)14-17/h1-8,15H. The van der Waals surface area contributed by atoms with E-state index in [2.05, 4.69) is 5.18 Å². The highest BCUT2D eigenvalue weighted by atomic mass is 16.3. The summed E-state index contributed by atoms with van der Waals surface area (Å²) in [4.78, 5) is 21.7. The summed E-state index contributed by atoms with van der Waals surface area (Å²) < 4.78 is 0. The summed E-state index contributed by atoms with van der Waals surface area (Å²) in [6.45, 7) is 0. The topological polar surface area (TPSA) is 66.7 Å².